The van der Waals surface area contributed by atoms with Crippen molar-refractivity contribution in [3.8, 4) is 0 Å². The summed E-state index contributed by atoms with van der Waals surface area (Å²) >= 11 is 2.97. The maximum Gasteiger partial charge on any atom is 0.292 e. The number of H-pyrrole nitrogens is 1. The van der Waals surface area contributed by atoms with Crippen LogP contribution in [0.3, 0.4) is 0 Å². The molecule has 3 aromatic heterocycles. The monoisotopic (exact) mass is 372 g/mol. The van der Waals surface area contributed by atoms with Crippen LogP contribution in [0.25, 0.3) is 0 Å². The fourth-order valence-corrected chi connectivity index (χ4v) is 2.96. The van der Waals surface area contributed by atoms with Crippen LogP contribution >= 0.6 is 22.7 Å². The molecule has 3 N–H and O–H groups in total. The van der Waals surface area contributed by atoms with Crippen molar-refractivity contribution >= 4 is 46.9 Å². The summed E-state index contributed by atoms with van der Waals surface area (Å²) in [6.07, 6.45) is 4.29. The molecule has 3 heterocycles. The summed E-state index contributed by atoms with van der Waals surface area (Å²) in [6, 6.07) is 7.48. The molecule has 0 aromatic carbocycles. The Bertz CT molecular complexity index is 824. The highest BCUT2D eigenvalue weighted by molar-refractivity contribution is 7.12. The Morgan fingerprint density at radius 2 is 1.60 bits per heavy atom. The summed E-state index contributed by atoms with van der Waals surface area (Å²) in [7, 11) is 0. The first-order valence-electron chi connectivity index (χ1n) is 7.01. The van der Waals surface area contributed by atoms with E-state index >= 15 is 0 Å². The zero-order chi connectivity index (χ0) is 17.5. The molecule has 0 unspecified atom stereocenters. The molecule has 10 heteroatoms. The minimum Gasteiger partial charge on any atom is -0.340 e. The summed E-state index contributed by atoms with van der Waals surface area (Å²) in [5, 5.41) is 11.5. The quantitative estimate of drug-likeness (QED) is 0.455. The first kappa shape index (κ1) is 16.7. The number of hydrazone groups is 2. The topological polar surface area (TPSA) is 112 Å². The lowest BCUT2D eigenvalue weighted by atomic mass is 10.3. The van der Waals surface area contributed by atoms with E-state index in [-0.39, 0.29) is 11.4 Å². The van der Waals surface area contributed by atoms with E-state index in [1.165, 1.54) is 41.4 Å². The SMILES string of the molecule is O=C(N/N=C/c1cccs1)c1nc[nH]c1C(=O)N/N=C/c1cccs1. The van der Waals surface area contributed by atoms with Gasteiger partial charge >= 0.3 is 0 Å². The number of amides is 2. The molecule has 8 nitrogen and oxygen atoms in total. The Hall–Kier alpha value is -3.11. The molecule has 0 aliphatic rings. The van der Waals surface area contributed by atoms with Gasteiger partial charge in [0.15, 0.2) is 5.69 Å². The molecule has 0 saturated heterocycles. The number of rotatable bonds is 6. The number of hydrogen-bond acceptors (Lipinski definition) is 7. The van der Waals surface area contributed by atoms with Gasteiger partial charge in [-0.25, -0.2) is 15.8 Å². The third-order valence-electron chi connectivity index (χ3n) is 2.88. The molecule has 126 valence electrons. The van der Waals surface area contributed by atoms with Gasteiger partial charge in [0, 0.05) is 9.75 Å². The van der Waals surface area contributed by atoms with Crippen molar-refractivity contribution in [2.24, 2.45) is 10.2 Å². The Labute approximate surface area is 150 Å². The van der Waals surface area contributed by atoms with Gasteiger partial charge in [-0.2, -0.15) is 10.2 Å². The fourth-order valence-electron chi connectivity index (χ4n) is 1.79. The van der Waals surface area contributed by atoms with E-state index in [2.05, 4.69) is 31.0 Å². The first-order chi connectivity index (χ1) is 12.2. The van der Waals surface area contributed by atoms with Gasteiger partial charge in [0.1, 0.15) is 5.69 Å². The number of carbonyl (C=O) groups is 2. The van der Waals surface area contributed by atoms with E-state index in [4.69, 9.17) is 0 Å². The molecule has 0 saturated carbocycles. The molecule has 0 bridgehead atoms. The lowest BCUT2D eigenvalue weighted by molar-refractivity contribution is 0.0915. The fraction of sp³-hybridized carbons (Fsp3) is 0. The van der Waals surface area contributed by atoms with Gasteiger partial charge in [0.2, 0.25) is 0 Å². The van der Waals surface area contributed by atoms with Crippen molar-refractivity contribution in [2.45, 2.75) is 0 Å². The second kappa shape index (κ2) is 8.13. The Morgan fingerprint density at radius 1 is 1.00 bits per heavy atom. The highest BCUT2D eigenvalue weighted by atomic mass is 32.1. The number of aromatic amines is 1. The molecule has 3 aromatic rings. The number of nitrogens with zero attached hydrogens (tertiary/aromatic N) is 3. The van der Waals surface area contributed by atoms with Crippen LogP contribution in [-0.2, 0) is 0 Å². The van der Waals surface area contributed by atoms with Crippen LogP contribution in [0.4, 0.5) is 0 Å². The molecule has 0 fully saturated rings. The normalized spacial score (nSPS) is 11.2. The molecule has 3 rings (SSSR count). The predicted octanol–water partition coefficient (Wildman–Crippen LogP) is 2.06. The van der Waals surface area contributed by atoms with Crippen molar-refractivity contribution in [1.29, 1.82) is 0 Å². The third-order valence-corrected chi connectivity index (χ3v) is 4.50. The van der Waals surface area contributed by atoms with E-state index < -0.39 is 11.8 Å². The summed E-state index contributed by atoms with van der Waals surface area (Å²) < 4.78 is 0. The average molecular weight is 372 g/mol. The molecule has 0 radical (unpaired) electrons. The van der Waals surface area contributed by atoms with Crippen LogP contribution in [0.1, 0.15) is 30.7 Å². The second-order valence-electron chi connectivity index (χ2n) is 4.56. The lowest BCUT2D eigenvalue weighted by Crippen LogP contribution is -2.25. The van der Waals surface area contributed by atoms with E-state index in [0.717, 1.165) is 9.75 Å². The van der Waals surface area contributed by atoms with Crippen molar-refractivity contribution in [2.75, 3.05) is 0 Å². The molecule has 0 atom stereocenters. The Kier molecular flexibility index (Phi) is 5.44. The maximum absolute atomic E-state index is 12.1. The number of nitrogens with one attached hydrogen (secondary N) is 3. The second-order valence-corrected chi connectivity index (χ2v) is 6.51. The minimum atomic E-state index is -0.596. The average Bonchev–Trinajstić information content (AvgIpc) is 3.36. The van der Waals surface area contributed by atoms with Crippen molar-refractivity contribution in [1.82, 2.24) is 20.8 Å². The predicted molar refractivity (Wildman–Crippen MR) is 97.3 cm³/mol. The van der Waals surface area contributed by atoms with Crippen LogP contribution in [0.5, 0.6) is 0 Å². The van der Waals surface area contributed by atoms with Gasteiger partial charge in [-0.05, 0) is 22.9 Å². The van der Waals surface area contributed by atoms with Gasteiger partial charge in [-0.3, -0.25) is 9.59 Å². The Balaban J connectivity index is 1.61. The van der Waals surface area contributed by atoms with Gasteiger partial charge in [-0.1, -0.05) is 12.1 Å². The van der Waals surface area contributed by atoms with Crippen LogP contribution < -0.4 is 10.9 Å². The van der Waals surface area contributed by atoms with Crippen LogP contribution in [0, 0.1) is 0 Å². The zero-order valence-corrected chi connectivity index (χ0v) is 14.3. The summed E-state index contributed by atoms with van der Waals surface area (Å²) in [6.45, 7) is 0. The molecular formula is C15H12N6O2S2. The van der Waals surface area contributed by atoms with Crippen molar-refractivity contribution in [3.05, 3.63) is 62.5 Å². The highest BCUT2D eigenvalue weighted by Gasteiger charge is 2.19. The van der Waals surface area contributed by atoms with Crippen molar-refractivity contribution < 1.29 is 9.59 Å². The number of imidazole rings is 1. The number of thiophene rings is 2. The summed E-state index contributed by atoms with van der Waals surface area (Å²) in [4.78, 5) is 32.5. The van der Waals surface area contributed by atoms with Gasteiger partial charge in [0.05, 0.1) is 18.8 Å². The molecular weight excluding hydrogens is 360 g/mol. The summed E-state index contributed by atoms with van der Waals surface area (Å²) in [5.41, 5.74) is 4.63. The van der Waals surface area contributed by atoms with E-state index in [1.54, 1.807) is 0 Å². The number of aromatic nitrogens is 2. The Morgan fingerprint density at radius 3 is 2.16 bits per heavy atom. The first-order valence-corrected chi connectivity index (χ1v) is 8.77. The standard InChI is InChI=1S/C15H12N6O2S2/c22-14(20-18-7-10-3-1-5-24-10)12-13(17-9-16-12)15(23)21-19-8-11-4-2-6-25-11/h1-9H,(H,16,17)(H,20,22)(H,21,23)/b18-7+,19-8+. The van der Waals surface area contributed by atoms with Crippen LogP contribution in [0.2, 0.25) is 0 Å². The largest absolute Gasteiger partial charge is 0.340 e. The molecule has 0 aliphatic carbocycles. The van der Waals surface area contributed by atoms with E-state index in [0.29, 0.717) is 0 Å². The molecule has 0 aliphatic heterocycles. The number of hydrogen-bond donors (Lipinski definition) is 3. The molecule has 2 amide bonds. The molecule has 25 heavy (non-hydrogen) atoms. The highest BCUT2D eigenvalue weighted by Crippen LogP contribution is 2.06. The number of carbonyl (C=O) groups excluding carboxylic acids is 2. The third kappa shape index (κ3) is 4.46. The lowest BCUT2D eigenvalue weighted by Gasteiger charge is -2.00. The van der Waals surface area contributed by atoms with Gasteiger partial charge < -0.3 is 4.98 Å². The van der Waals surface area contributed by atoms with Crippen LogP contribution in [-0.4, -0.2) is 34.2 Å². The van der Waals surface area contributed by atoms with Crippen molar-refractivity contribution in [3.63, 3.8) is 0 Å². The minimum absolute atomic E-state index is 0.00662. The smallest absolute Gasteiger partial charge is 0.292 e. The van der Waals surface area contributed by atoms with Crippen LogP contribution in [0.15, 0.2) is 51.6 Å². The maximum atomic E-state index is 12.1. The zero-order valence-electron chi connectivity index (χ0n) is 12.7. The van der Waals surface area contributed by atoms with E-state index in [1.807, 2.05) is 35.0 Å². The molecule has 0 spiro atoms. The van der Waals surface area contributed by atoms with E-state index in [9.17, 15) is 9.59 Å². The van der Waals surface area contributed by atoms with Gasteiger partial charge in [-0.15, -0.1) is 22.7 Å². The summed E-state index contributed by atoms with van der Waals surface area (Å²) in [5.74, 6) is -1.17. The van der Waals surface area contributed by atoms with Gasteiger partial charge in [0.25, 0.3) is 11.8 Å².